The zero-order valence-corrected chi connectivity index (χ0v) is 12.2. The number of likely N-dealkylation sites (N-methyl/N-ethyl adjacent to an activating group) is 1. The second kappa shape index (κ2) is 7.25. The van der Waals surface area contributed by atoms with Crippen molar-refractivity contribution in [2.75, 3.05) is 26.2 Å². The Morgan fingerprint density at radius 1 is 1.42 bits per heavy atom. The van der Waals surface area contributed by atoms with E-state index < -0.39 is 6.10 Å². The predicted octanol–water partition coefficient (Wildman–Crippen LogP) is 2.45. The van der Waals surface area contributed by atoms with Crippen molar-refractivity contribution in [3.63, 3.8) is 0 Å². The molecule has 1 fully saturated rings. The Kier molecular flexibility index (Phi) is 5.64. The summed E-state index contributed by atoms with van der Waals surface area (Å²) in [5.41, 5.74) is 0.797. The van der Waals surface area contributed by atoms with Crippen molar-refractivity contribution in [2.45, 2.75) is 31.9 Å². The molecule has 0 aliphatic heterocycles. The fourth-order valence-electron chi connectivity index (χ4n) is 2.36. The smallest absolute Gasteiger partial charge is 0.0928 e. The van der Waals surface area contributed by atoms with E-state index in [-0.39, 0.29) is 0 Å². The van der Waals surface area contributed by atoms with Crippen LogP contribution >= 0.6 is 11.6 Å². The van der Waals surface area contributed by atoms with E-state index in [2.05, 4.69) is 17.1 Å². The molecule has 1 aromatic rings. The average Bonchev–Trinajstić information content (AvgIpc) is 3.23. The monoisotopic (exact) mass is 282 g/mol. The molecule has 106 valence electrons. The molecular formula is C15H23ClN2O. The van der Waals surface area contributed by atoms with Crippen LogP contribution in [-0.2, 0) is 0 Å². The number of aliphatic hydroxyl groups excluding tert-OH is 1. The molecule has 3 nitrogen and oxygen atoms in total. The standard InChI is InChI=1S/C15H23ClN2O/c1-2-18(12-7-8-12)10-9-17-11-15(19)13-5-3-4-6-14(13)16/h3-6,12,15,17,19H,2,7-11H2,1H3. The minimum absolute atomic E-state index is 0.537. The number of nitrogens with one attached hydrogen (secondary N) is 1. The molecule has 0 saturated heterocycles. The number of hydrogen-bond donors (Lipinski definition) is 2. The maximum atomic E-state index is 10.1. The highest BCUT2D eigenvalue weighted by atomic mass is 35.5. The van der Waals surface area contributed by atoms with Crippen LogP contribution in [0.25, 0.3) is 0 Å². The van der Waals surface area contributed by atoms with Gasteiger partial charge in [0.1, 0.15) is 0 Å². The maximum absolute atomic E-state index is 10.1. The Bertz CT molecular complexity index is 395. The molecule has 4 heteroatoms. The lowest BCUT2D eigenvalue weighted by Crippen LogP contribution is -2.35. The summed E-state index contributed by atoms with van der Waals surface area (Å²) in [5.74, 6) is 0. The lowest BCUT2D eigenvalue weighted by Gasteiger charge is -2.20. The molecule has 0 amide bonds. The van der Waals surface area contributed by atoms with Crippen LogP contribution in [0.3, 0.4) is 0 Å². The first kappa shape index (κ1) is 14.8. The summed E-state index contributed by atoms with van der Waals surface area (Å²) >= 11 is 6.06. The van der Waals surface area contributed by atoms with Gasteiger partial charge in [0, 0.05) is 36.3 Å². The van der Waals surface area contributed by atoms with E-state index in [4.69, 9.17) is 11.6 Å². The van der Waals surface area contributed by atoms with E-state index in [1.54, 1.807) is 0 Å². The minimum atomic E-state index is -0.537. The van der Waals surface area contributed by atoms with Gasteiger partial charge in [-0.25, -0.2) is 0 Å². The molecule has 0 heterocycles. The van der Waals surface area contributed by atoms with Crippen molar-refractivity contribution in [2.24, 2.45) is 0 Å². The van der Waals surface area contributed by atoms with Gasteiger partial charge >= 0.3 is 0 Å². The number of rotatable bonds is 8. The van der Waals surface area contributed by atoms with Gasteiger partial charge < -0.3 is 10.4 Å². The van der Waals surface area contributed by atoms with Crippen molar-refractivity contribution in [3.8, 4) is 0 Å². The third-order valence-corrected chi connectivity index (χ3v) is 3.99. The molecule has 2 N–H and O–H groups in total. The fourth-order valence-corrected chi connectivity index (χ4v) is 2.62. The lowest BCUT2D eigenvalue weighted by atomic mass is 10.1. The average molecular weight is 283 g/mol. The molecule has 0 aromatic heterocycles. The molecule has 1 unspecified atom stereocenters. The number of hydrogen-bond acceptors (Lipinski definition) is 3. The van der Waals surface area contributed by atoms with E-state index >= 15 is 0 Å². The number of benzene rings is 1. The Morgan fingerprint density at radius 2 is 2.16 bits per heavy atom. The van der Waals surface area contributed by atoms with Crippen LogP contribution in [0.5, 0.6) is 0 Å². The summed E-state index contributed by atoms with van der Waals surface area (Å²) in [6.07, 6.45) is 2.15. The normalized spacial score (nSPS) is 16.8. The molecule has 1 aromatic carbocycles. The van der Waals surface area contributed by atoms with Gasteiger partial charge in [-0.1, -0.05) is 36.7 Å². The molecule has 0 radical (unpaired) electrons. The van der Waals surface area contributed by atoms with E-state index in [9.17, 15) is 5.11 Å². The summed E-state index contributed by atoms with van der Waals surface area (Å²) < 4.78 is 0. The first-order valence-electron chi connectivity index (χ1n) is 7.09. The summed E-state index contributed by atoms with van der Waals surface area (Å²) in [4.78, 5) is 2.49. The number of halogens is 1. The second-order valence-electron chi connectivity index (χ2n) is 5.10. The van der Waals surface area contributed by atoms with Crippen molar-refractivity contribution >= 4 is 11.6 Å². The summed E-state index contributed by atoms with van der Waals surface area (Å²) in [6, 6.07) is 8.26. The molecule has 1 aliphatic rings. The molecule has 1 saturated carbocycles. The van der Waals surface area contributed by atoms with Gasteiger partial charge in [0.2, 0.25) is 0 Å². The van der Waals surface area contributed by atoms with Gasteiger partial charge in [0.15, 0.2) is 0 Å². The topological polar surface area (TPSA) is 35.5 Å². The van der Waals surface area contributed by atoms with Crippen LogP contribution in [0.4, 0.5) is 0 Å². The van der Waals surface area contributed by atoms with Crippen molar-refractivity contribution in [1.82, 2.24) is 10.2 Å². The molecule has 0 spiro atoms. The van der Waals surface area contributed by atoms with Gasteiger partial charge in [-0.3, -0.25) is 4.90 Å². The van der Waals surface area contributed by atoms with E-state index in [1.165, 1.54) is 12.8 Å². The van der Waals surface area contributed by atoms with Gasteiger partial charge in [-0.2, -0.15) is 0 Å². The SMILES string of the molecule is CCN(CCNCC(O)c1ccccc1Cl)C1CC1. The highest BCUT2D eigenvalue weighted by Gasteiger charge is 2.27. The molecule has 2 rings (SSSR count). The van der Waals surface area contributed by atoms with Crippen LogP contribution in [0, 0.1) is 0 Å². The van der Waals surface area contributed by atoms with E-state index in [0.29, 0.717) is 11.6 Å². The molecule has 1 aliphatic carbocycles. The second-order valence-corrected chi connectivity index (χ2v) is 5.51. The predicted molar refractivity (Wildman–Crippen MR) is 79.6 cm³/mol. The van der Waals surface area contributed by atoms with Gasteiger partial charge in [-0.05, 0) is 25.5 Å². The molecule has 1 atom stereocenters. The Hall–Kier alpha value is -0.610. The Balaban J connectivity index is 1.69. The zero-order valence-electron chi connectivity index (χ0n) is 11.5. The fraction of sp³-hybridized carbons (Fsp3) is 0.600. The largest absolute Gasteiger partial charge is 0.387 e. The zero-order chi connectivity index (χ0) is 13.7. The number of aliphatic hydroxyl groups is 1. The Morgan fingerprint density at radius 3 is 2.79 bits per heavy atom. The third-order valence-electron chi connectivity index (χ3n) is 3.65. The van der Waals surface area contributed by atoms with Crippen LogP contribution < -0.4 is 5.32 Å². The van der Waals surface area contributed by atoms with Crippen molar-refractivity contribution in [3.05, 3.63) is 34.9 Å². The van der Waals surface area contributed by atoms with E-state index in [1.807, 2.05) is 24.3 Å². The molecule has 19 heavy (non-hydrogen) atoms. The van der Waals surface area contributed by atoms with E-state index in [0.717, 1.165) is 31.2 Å². The van der Waals surface area contributed by atoms with Gasteiger partial charge in [0.25, 0.3) is 0 Å². The van der Waals surface area contributed by atoms with Crippen LogP contribution in [-0.4, -0.2) is 42.2 Å². The third kappa shape index (κ3) is 4.46. The lowest BCUT2D eigenvalue weighted by molar-refractivity contribution is 0.172. The Labute approximate surface area is 120 Å². The summed E-state index contributed by atoms with van der Waals surface area (Å²) in [5, 5.41) is 14.0. The van der Waals surface area contributed by atoms with Crippen LogP contribution in [0.1, 0.15) is 31.4 Å². The summed E-state index contributed by atoms with van der Waals surface area (Å²) in [7, 11) is 0. The first-order chi connectivity index (χ1) is 9.22. The van der Waals surface area contributed by atoms with Gasteiger partial charge in [-0.15, -0.1) is 0 Å². The van der Waals surface area contributed by atoms with Crippen LogP contribution in [0.15, 0.2) is 24.3 Å². The minimum Gasteiger partial charge on any atom is -0.387 e. The van der Waals surface area contributed by atoms with Crippen LogP contribution in [0.2, 0.25) is 5.02 Å². The van der Waals surface area contributed by atoms with Gasteiger partial charge in [0.05, 0.1) is 6.10 Å². The first-order valence-corrected chi connectivity index (χ1v) is 7.47. The number of nitrogens with zero attached hydrogens (tertiary/aromatic N) is 1. The highest BCUT2D eigenvalue weighted by Crippen LogP contribution is 2.26. The van der Waals surface area contributed by atoms with Crippen molar-refractivity contribution < 1.29 is 5.11 Å². The quantitative estimate of drug-likeness (QED) is 0.719. The molecular weight excluding hydrogens is 260 g/mol. The molecule has 0 bridgehead atoms. The van der Waals surface area contributed by atoms with Crippen molar-refractivity contribution in [1.29, 1.82) is 0 Å². The summed E-state index contributed by atoms with van der Waals surface area (Å²) in [6.45, 7) is 5.82. The maximum Gasteiger partial charge on any atom is 0.0928 e. The highest BCUT2D eigenvalue weighted by molar-refractivity contribution is 6.31.